The molecule has 1 aromatic carbocycles. The summed E-state index contributed by atoms with van der Waals surface area (Å²) in [6, 6.07) is 10.6. The van der Waals surface area contributed by atoms with Gasteiger partial charge in [0.25, 0.3) is 0 Å². The molecule has 0 radical (unpaired) electrons. The number of unbranched alkanes of at least 4 members (excludes halogenated alkanes) is 1. The molecule has 1 fully saturated rings. The van der Waals surface area contributed by atoms with Crippen molar-refractivity contribution in [2.24, 2.45) is 4.99 Å². The van der Waals surface area contributed by atoms with E-state index in [1.54, 1.807) is 19.0 Å². The van der Waals surface area contributed by atoms with Crippen molar-refractivity contribution < 1.29 is 4.79 Å². The average Bonchev–Trinajstić information content (AvgIpc) is 2.69. The van der Waals surface area contributed by atoms with Gasteiger partial charge >= 0.3 is 0 Å². The number of hydrogen-bond acceptors (Lipinski definition) is 3. The molecule has 6 heteroatoms. The summed E-state index contributed by atoms with van der Waals surface area (Å²) in [7, 11) is 3.54. The van der Waals surface area contributed by atoms with Gasteiger partial charge in [-0.3, -0.25) is 4.79 Å². The number of benzene rings is 1. The Labute approximate surface area is 164 Å². The number of amides is 1. The first-order chi connectivity index (χ1) is 13.1. The number of aliphatic imine (C=N–C) groups is 1. The summed E-state index contributed by atoms with van der Waals surface area (Å²) in [4.78, 5) is 20.8. The Kier molecular flexibility index (Phi) is 9.11. The smallest absolute Gasteiger partial charge is 0.241 e. The Morgan fingerprint density at radius 3 is 2.56 bits per heavy atom. The van der Waals surface area contributed by atoms with Gasteiger partial charge in [0.1, 0.15) is 0 Å². The normalized spacial score (nSPS) is 16.2. The minimum Gasteiger partial charge on any atom is -0.354 e. The third kappa shape index (κ3) is 7.99. The molecule has 0 unspecified atom stereocenters. The molecule has 1 aromatic rings. The topological polar surface area (TPSA) is 60.0 Å². The Hall–Kier alpha value is -2.08. The molecule has 0 bridgehead atoms. The molecule has 0 saturated carbocycles. The third-order valence-corrected chi connectivity index (χ3v) is 4.92. The summed E-state index contributed by atoms with van der Waals surface area (Å²) in [5, 5.41) is 6.74. The van der Waals surface area contributed by atoms with Crippen molar-refractivity contribution in [2.45, 2.75) is 45.2 Å². The fourth-order valence-electron chi connectivity index (χ4n) is 3.10. The van der Waals surface area contributed by atoms with Gasteiger partial charge in [-0.2, -0.15) is 0 Å². The van der Waals surface area contributed by atoms with E-state index in [0.29, 0.717) is 12.6 Å². The first-order valence-corrected chi connectivity index (χ1v) is 10.1. The van der Waals surface area contributed by atoms with Gasteiger partial charge in [0.15, 0.2) is 5.96 Å². The Morgan fingerprint density at radius 2 is 1.93 bits per heavy atom. The maximum absolute atomic E-state index is 11.9. The maximum atomic E-state index is 11.9. The number of hydrogen-bond donors (Lipinski definition) is 2. The zero-order valence-corrected chi connectivity index (χ0v) is 17.1. The molecule has 27 heavy (non-hydrogen) atoms. The van der Waals surface area contributed by atoms with E-state index >= 15 is 0 Å². The Bertz CT molecular complexity index is 579. The van der Waals surface area contributed by atoms with Crippen LogP contribution in [0.15, 0.2) is 35.3 Å². The second-order valence-corrected chi connectivity index (χ2v) is 7.41. The van der Waals surface area contributed by atoms with Crippen molar-refractivity contribution >= 4 is 11.9 Å². The van der Waals surface area contributed by atoms with Crippen molar-refractivity contribution in [3.05, 3.63) is 35.9 Å². The summed E-state index contributed by atoms with van der Waals surface area (Å²) < 4.78 is 0. The number of nitrogens with zero attached hydrogens (tertiary/aromatic N) is 3. The van der Waals surface area contributed by atoms with Crippen molar-refractivity contribution in [1.82, 2.24) is 20.4 Å². The lowest BCUT2D eigenvalue weighted by atomic mass is 10.0. The van der Waals surface area contributed by atoms with Crippen LogP contribution in [0, 0.1) is 0 Å². The highest BCUT2D eigenvalue weighted by Gasteiger charge is 2.20. The van der Waals surface area contributed by atoms with Crippen LogP contribution in [-0.2, 0) is 11.3 Å². The molecule has 150 valence electrons. The summed E-state index contributed by atoms with van der Waals surface area (Å²) in [6.07, 6.45) is 4.74. The number of likely N-dealkylation sites (N-methyl/N-ethyl adjacent to an activating group) is 1. The summed E-state index contributed by atoms with van der Waals surface area (Å²) >= 11 is 0. The number of rotatable bonds is 8. The minimum atomic E-state index is 0.0404. The number of carbonyl (C=O) groups excluding carboxylic acids is 1. The summed E-state index contributed by atoms with van der Waals surface area (Å²) in [6.45, 7) is 6.55. The van der Waals surface area contributed by atoms with Crippen molar-refractivity contribution in [2.75, 3.05) is 40.3 Å². The van der Waals surface area contributed by atoms with Crippen molar-refractivity contribution in [3.63, 3.8) is 0 Å². The lowest BCUT2D eigenvalue weighted by Crippen LogP contribution is -2.50. The highest BCUT2D eigenvalue weighted by molar-refractivity contribution is 5.86. The van der Waals surface area contributed by atoms with E-state index in [1.807, 2.05) is 18.2 Å². The number of carbonyl (C=O) groups is 1. The van der Waals surface area contributed by atoms with Gasteiger partial charge in [0.2, 0.25) is 5.91 Å². The van der Waals surface area contributed by atoms with Crippen LogP contribution in [0.25, 0.3) is 0 Å². The van der Waals surface area contributed by atoms with Crippen molar-refractivity contribution in [3.8, 4) is 0 Å². The van der Waals surface area contributed by atoms with Gasteiger partial charge in [0.05, 0.1) is 13.1 Å². The van der Waals surface area contributed by atoms with E-state index in [9.17, 15) is 4.79 Å². The molecule has 1 amide bonds. The SMILES string of the molecule is CCCCN1CCC(NC(=NCc2ccccc2)NCC(=O)N(C)C)CC1. The molecule has 0 atom stereocenters. The van der Waals surface area contributed by atoms with Gasteiger partial charge in [-0.05, 0) is 31.4 Å². The van der Waals surface area contributed by atoms with Crippen LogP contribution in [0.1, 0.15) is 38.2 Å². The van der Waals surface area contributed by atoms with E-state index in [0.717, 1.165) is 37.5 Å². The maximum Gasteiger partial charge on any atom is 0.241 e. The number of piperidine rings is 1. The molecule has 1 aliphatic rings. The minimum absolute atomic E-state index is 0.0404. The summed E-state index contributed by atoms with van der Waals surface area (Å²) in [5.41, 5.74) is 1.16. The second kappa shape index (κ2) is 11.6. The van der Waals surface area contributed by atoms with Crippen LogP contribution < -0.4 is 10.6 Å². The molecule has 2 rings (SSSR count). The van der Waals surface area contributed by atoms with Crippen LogP contribution in [-0.4, -0.2) is 68.0 Å². The Morgan fingerprint density at radius 1 is 1.22 bits per heavy atom. The number of guanidine groups is 1. The molecule has 0 aromatic heterocycles. The van der Waals surface area contributed by atoms with Crippen LogP contribution in [0.2, 0.25) is 0 Å². The third-order valence-electron chi connectivity index (χ3n) is 4.92. The first-order valence-electron chi connectivity index (χ1n) is 10.1. The number of nitrogens with one attached hydrogen (secondary N) is 2. The predicted molar refractivity (Wildman–Crippen MR) is 112 cm³/mol. The van der Waals surface area contributed by atoms with Gasteiger partial charge in [0, 0.05) is 33.2 Å². The van der Waals surface area contributed by atoms with Crippen molar-refractivity contribution in [1.29, 1.82) is 0 Å². The van der Waals surface area contributed by atoms with Gasteiger partial charge < -0.3 is 20.4 Å². The van der Waals surface area contributed by atoms with Crippen LogP contribution in [0.3, 0.4) is 0 Å². The van der Waals surface area contributed by atoms with E-state index in [4.69, 9.17) is 4.99 Å². The van der Waals surface area contributed by atoms with E-state index in [-0.39, 0.29) is 12.5 Å². The largest absolute Gasteiger partial charge is 0.354 e. The van der Waals surface area contributed by atoms with Gasteiger partial charge in [-0.15, -0.1) is 0 Å². The van der Waals surface area contributed by atoms with Crippen LogP contribution in [0.4, 0.5) is 0 Å². The molecule has 2 N–H and O–H groups in total. The highest BCUT2D eigenvalue weighted by Crippen LogP contribution is 2.11. The van der Waals surface area contributed by atoms with Gasteiger partial charge in [-0.1, -0.05) is 43.7 Å². The zero-order chi connectivity index (χ0) is 19.5. The summed E-state index contributed by atoms with van der Waals surface area (Å²) in [5.74, 6) is 0.764. The van der Waals surface area contributed by atoms with Crippen LogP contribution in [0.5, 0.6) is 0 Å². The van der Waals surface area contributed by atoms with E-state index in [2.05, 4.69) is 34.6 Å². The molecule has 0 spiro atoms. The first kappa shape index (κ1) is 21.2. The molecular formula is C21H35N5O. The van der Waals surface area contributed by atoms with E-state index in [1.165, 1.54) is 19.4 Å². The molecule has 1 heterocycles. The standard InChI is InChI=1S/C21H35N5O/c1-4-5-13-26-14-11-19(12-15-26)24-21(23-17-20(27)25(2)3)22-16-18-9-7-6-8-10-18/h6-10,19H,4-5,11-17H2,1-3H3,(H2,22,23,24). The Balaban J connectivity index is 1.90. The lowest BCUT2D eigenvalue weighted by molar-refractivity contribution is -0.127. The molecule has 1 saturated heterocycles. The van der Waals surface area contributed by atoms with Crippen LogP contribution >= 0.6 is 0 Å². The highest BCUT2D eigenvalue weighted by atomic mass is 16.2. The fraction of sp³-hybridized carbons (Fsp3) is 0.619. The quantitative estimate of drug-likeness (QED) is 0.541. The fourth-order valence-corrected chi connectivity index (χ4v) is 3.10. The molecule has 6 nitrogen and oxygen atoms in total. The molecule has 1 aliphatic heterocycles. The number of likely N-dealkylation sites (tertiary alicyclic amines) is 1. The predicted octanol–water partition coefficient (Wildman–Crippen LogP) is 2.07. The van der Waals surface area contributed by atoms with E-state index < -0.39 is 0 Å². The van der Waals surface area contributed by atoms with Gasteiger partial charge in [-0.25, -0.2) is 4.99 Å². The lowest BCUT2D eigenvalue weighted by Gasteiger charge is -2.33. The molecular weight excluding hydrogens is 338 g/mol. The zero-order valence-electron chi connectivity index (χ0n) is 17.1. The second-order valence-electron chi connectivity index (χ2n) is 7.41. The average molecular weight is 374 g/mol. The molecule has 0 aliphatic carbocycles. The monoisotopic (exact) mass is 373 g/mol.